The van der Waals surface area contributed by atoms with Crippen molar-refractivity contribution in [2.45, 2.75) is 0 Å². The van der Waals surface area contributed by atoms with E-state index >= 15 is 0 Å². The van der Waals surface area contributed by atoms with Crippen LogP contribution in [0.15, 0.2) is 71.0 Å². The van der Waals surface area contributed by atoms with Gasteiger partial charge in [0.05, 0.1) is 24.1 Å². The van der Waals surface area contributed by atoms with E-state index in [0.717, 1.165) is 17.0 Å². The number of carbonyl (C=O) groups is 1. The molecule has 0 amide bonds. The van der Waals surface area contributed by atoms with Gasteiger partial charge in [-0.05, 0) is 48.5 Å². The summed E-state index contributed by atoms with van der Waals surface area (Å²) in [6.45, 7) is 0. The molecule has 0 spiro atoms. The molecule has 2 heterocycles. The molecule has 29 heavy (non-hydrogen) atoms. The molecule has 9 heteroatoms. The van der Waals surface area contributed by atoms with Crippen LogP contribution in [0.2, 0.25) is 0 Å². The van der Waals surface area contributed by atoms with Crippen molar-refractivity contribution in [2.24, 2.45) is 10.2 Å². The maximum Gasteiger partial charge on any atom is 0.335 e. The Kier molecular flexibility index (Phi) is 4.62. The summed E-state index contributed by atoms with van der Waals surface area (Å²) in [6, 6.07) is 15.5. The summed E-state index contributed by atoms with van der Waals surface area (Å²) in [5, 5.41) is 21.7. The third-order valence-corrected chi connectivity index (χ3v) is 4.26. The zero-order valence-corrected chi connectivity index (χ0v) is 15.4. The average molecular weight is 388 g/mol. The number of hydrogen-bond donors (Lipinski definition) is 2. The summed E-state index contributed by atoms with van der Waals surface area (Å²) >= 11 is 0. The molecule has 0 saturated heterocycles. The second kappa shape index (κ2) is 7.39. The van der Waals surface area contributed by atoms with E-state index in [4.69, 9.17) is 15.6 Å². The van der Waals surface area contributed by atoms with Crippen LogP contribution < -0.4 is 10.5 Å². The largest absolute Gasteiger partial charge is 0.497 e. The second-order valence-corrected chi connectivity index (χ2v) is 6.08. The minimum absolute atomic E-state index is 0.120. The number of rotatable bonds is 5. The normalized spacial score (nSPS) is 11.2. The first-order valence-electron chi connectivity index (χ1n) is 8.59. The van der Waals surface area contributed by atoms with E-state index in [1.165, 1.54) is 12.1 Å². The van der Waals surface area contributed by atoms with Crippen LogP contribution in [-0.2, 0) is 0 Å². The van der Waals surface area contributed by atoms with Gasteiger partial charge in [0.15, 0.2) is 17.2 Å². The first kappa shape index (κ1) is 18.1. The molecule has 0 unspecified atom stereocenters. The van der Waals surface area contributed by atoms with Gasteiger partial charge in [-0.25, -0.2) is 14.3 Å². The van der Waals surface area contributed by atoms with Crippen LogP contribution >= 0.6 is 0 Å². The van der Waals surface area contributed by atoms with Crippen LogP contribution in [0.25, 0.3) is 16.9 Å². The van der Waals surface area contributed by atoms with E-state index in [1.807, 2.05) is 30.3 Å². The van der Waals surface area contributed by atoms with Crippen molar-refractivity contribution in [1.82, 2.24) is 14.6 Å². The van der Waals surface area contributed by atoms with E-state index < -0.39 is 5.97 Å². The maximum absolute atomic E-state index is 11.1. The fraction of sp³-hybridized carbons (Fsp3) is 0.0500. The Hall–Kier alpha value is -4.27. The SMILES string of the molecule is COc1ccc(-c2ccnc3c(N=Nc4cccc(C(=O)O)c4)c(N)nn23)cc1. The van der Waals surface area contributed by atoms with Gasteiger partial charge in [0.25, 0.3) is 0 Å². The summed E-state index contributed by atoms with van der Waals surface area (Å²) < 4.78 is 6.79. The Bertz CT molecular complexity index is 1230. The predicted octanol–water partition coefficient (Wildman–Crippen LogP) is 4.10. The van der Waals surface area contributed by atoms with Gasteiger partial charge >= 0.3 is 5.97 Å². The lowest BCUT2D eigenvalue weighted by molar-refractivity contribution is 0.0697. The third-order valence-electron chi connectivity index (χ3n) is 4.26. The number of carboxylic acid groups (broad SMARTS) is 1. The first-order chi connectivity index (χ1) is 14.1. The number of nitrogen functional groups attached to an aromatic ring is 1. The van der Waals surface area contributed by atoms with Crippen LogP contribution in [0.4, 0.5) is 17.2 Å². The number of anilines is 1. The van der Waals surface area contributed by atoms with Crippen LogP contribution in [0.5, 0.6) is 5.75 Å². The van der Waals surface area contributed by atoms with E-state index in [9.17, 15) is 4.79 Å². The van der Waals surface area contributed by atoms with Gasteiger partial charge in [-0.3, -0.25) is 0 Å². The predicted molar refractivity (Wildman–Crippen MR) is 107 cm³/mol. The zero-order chi connectivity index (χ0) is 20.4. The van der Waals surface area contributed by atoms with Crippen LogP contribution in [0.1, 0.15) is 10.4 Å². The van der Waals surface area contributed by atoms with Crippen molar-refractivity contribution in [2.75, 3.05) is 12.8 Å². The zero-order valence-electron chi connectivity index (χ0n) is 15.4. The van der Waals surface area contributed by atoms with Gasteiger partial charge in [-0.1, -0.05) is 6.07 Å². The molecule has 0 bridgehead atoms. The van der Waals surface area contributed by atoms with Gasteiger partial charge in [0.2, 0.25) is 0 Å². The summed E-state index contributed by atoms with van der Waals surface area (Å²) in [4.78, 5) is 15.4. The summed E-state index contributed by atoms with van der Waals surface area (Å²) in [5.74, 6) is -0.128. The topological polar surface area (TPSA) is 127 Å². The number of benzene rings is 2. The van der Waals surface area contributed by atoms with Crippen LogP contribution in [0.3, 0.4) is 0 Å². The van der Waals surface area contributed by atoms with Crippen molar-refractivity contribution >= 4 is 28.8 Å². The minimum atomic E-state index is -1.04. The molecule has 4 aromatic rings. The van der Waals surface area contributed by atoms with Crippen molar-refractivity contribution in [3.8, 4) is 17.0 Å². The lowest BCUT2D eigenvalue weighted by Gasteiger charge is -2.05. The molecule has 0 aliphatic carbocycles. The lowest BCUT2D eigenvalue weighted by Crippen LogP contribution is -1.96. The monoisotopic (exact) mass is 388 g/mol. The van der Waals surface area contributed by atoms with E-state index in [-0.39, 0.29) is 11.4 Å². The molecule has 4 rings (SSSR count). The molecule has 0 saturated carbocycles. The Labute approximate surface area is 165 Å². The smallest absolute Gasteiger partial charge is 0.335 e. The van der Waals surface area contributed by atoms with E-state index in [0.29, 0.717) is 17.0 Å². The highest BCUT2D eigenvalue weighted by Gasteiger charge is 2.15. The second-order valence-electron chi connectivity index (χ2n) is 6.08. The Morgan fingerprint density at radius 1 is 1.14 bits per heavy atom. The molecule has 0 aliphatic heterocycles. The number of aromatic carboxylic acids is 1. The average Bonchev–Trinajstić information content (AvgIpc) is 3.07. The molecular weight excluding hydrogens is 372 g/mol. The van der Waals surface area contributed by atoms with Crippen LogP contribution in [0, 0.1) is 0 Å². The molecule has 0 atom stereocenters. The molecule has 0 radical (unpaired) electrons. The van der Waals surface area contributed by atoms with Crippen molar-refractivity contribution in [3.63, 3.8) is 0 Å². The van der Waals surface area contributed by atoms with Crippen molar-refractivity contribution in [1.29, 1.82) is 0 Å². The number of nitrogens with two attached hydrogens (primary N) is 1. The molecule has 0 aliphatic rings. The molecular formula is C20H16N6O3. The quantitative estimate of drug-likeness (QED) is 0.495. The number of aromatic nitrogens is 3. The summed E-state index contributed by atoms with van der Waals surface area (Å²) in [6.07, 6.45) is 1.64. The van der Waals surface area contributed by atoms with Gasteiger partial charge in [-0.2, -0.15) is 5.11 Å². The van der Waals surface area contributed by atoms with E-state index in [2.05, 4.69) is 20.3 Å². The molecule has 0 fully saturated rings. The third kappa shape index (κ3) is 3.48. The molecule has 2 aromatic carbocycles. The molecule has 144 valence electrons. The van der Waals surface area contributed by atoms with Gasteiger partial charge < -0.3 is 15.6 Å². The number of fused-ring (bicyclic) bond motifs is 1. The molecule has 9 nitrogen and oxygen atoms in total. The van der Waals surface area contributed by atoms with E-state index in [1.54, 1.807) is 30.0 Å². The number of carboxylic acids is 1. The molecule has 2 aromatic heterocycles. The highest BCUT2D eigenvalue weighted by atomic mass is 16.5. The number of hydrogen-bond acceptors (Lipinski definition) is 7. The summed E-state index contributed by atoms with van der Waals surface area (Å²) in [7, 11) is 1.61. The number of ether oxygens (including phenoxy) is 1. The fourth-order valence-electron chi connectivity index (χ4n) is 2.84. The van der Waals surface area contributed by atoms with Crippen LogP contribution in [-0.4, -0.2) is 32.8 Å². The minimum Gasteiger partial charge on any atom is -0.497 e. The lowest BCUT2D eigenvalue weighted by atomic mass is 10.1. The molecule has 3 N–H and O–H groups in total. The Morgan fingerprint density at radius 3 is 2.66 bits per heavy atom. The first-order valence-corrected chi connectivity index (χ1v) is 8.59. The highest BCUT2D eigenvalue weighted by molar-refractivity contribution is 5.88. The number of methoxy groups -OCH3 is 1. The number of azo groups is 1. The van der Waals surface area contributed by atoms with Gasteiger partial charge in [0, 0.05) is 11.8 Å². The van der Waals surface area contributed by atoms with Crippen molar-refractivity contribution < 1.29 is 14.6 Å². The summed E-state index contributed by atoms with van der Waals surface area (Å²) in [5.41, 5.74) is 8.98. The Balaban J connectivity index is 1.75. The number of nitrogens with zero attached hydrogens (tertiary/aromatic N) is 5. The fourth-order valence-corrected chi connectivity index (χ4v) is 2.84. The van der Waals surface area contributed by atoms with Gasteiger partial charge in [-0.15, -0.1) is 10.2 Å². The highest BCUT2D eigenvalue weighted by Crippen LogP contribution is 2.31. The maximum atomic E-state index is 11.1. The Morgan fingerprint density at radius 2 is 1.93 bits per heavy atom. The van der Waals surface area contributed by atoms with Gasteiger partial charge in [0.1, 0.15) is 5.75 Å². The van der Waals surface area contributed by atoms with Crippen molar-refractivity contribution in [3.05, 3.63) is 66.4 Å². The standard InChI is InChI=1S/C20H16N6O3/c1-29-15-7-5-12(6-8-15)16-9-10-22-19-17(18(21)25-26(16)19)24-23-14-4-2-3-13(11-14)20(27)28/h2-11H,1H3,(H2,21,25)(H,27,28).